The maximum Gasteiger partial charge on any atom is 0.322 e. The van der Waals surface area contributed by atoms with Gasteiger partial charge in [0.05, 0.1) is 6.10 Å². The van der Waals surface area contributed by atoms with Crippen molar-refractivity contribution in [1.82, 2.24) is 10.9 Å². The summed E-state index contributed by atoms with van der Waals surface area (Å²) >= 11 is 0. The van der Waals surface area contributed by atoms with E-state index in [1.54, 1.807) is 12.1 Å². The quantitative estimate of drug-likeness (QED) is 0.456. The Balaban J connectivity index is 2.66. The summed E-state index contributed by atoms with van der Waals surface area (Å²) in [5.41, 5.74) is 6.61. The molecule has 0 aromatic heterocycles. The number of carboxylic acids is 1. The van der Waals surface area contributed by atoms with Crippen LogP contribution >= 0.6 is 0 Å². The van der Waals surface area contributed by atoms with E-state index in [4.69, 9.17) is 0 Å². The molecule has 0 spiro atoms. The fourth-order valence-electron chi connectivity index (χ4n) is 1.75. The summed E-state index contributed by atoms with van der Waals surface area (Å²) in [4.78, 5) is 11.3. The number of carbonyl (C=O) groups is 1. The molecule has 1 aromatic carbocycles. The van der Waals surface area contributed by atoms with E-state index in [0.29, 0.717) is 11.1 Å². The molecule has 2 unspecified atom stereocenters. The molecule has 0 saturated heterocycles. The lowest BCUT2D eigenvalue weighted by atomic mass is 9.97. The van der Waals surface area contributed by atoms with Crippen LogP contribution in [-0.4, -0.2) is 27.8 Å². The van der Waals surface area contributed by atoms with Crippen LogP contribution < -0.4 is 10.9 Å². The Hall–Kier alpha value is -1.69. The van der Waals surface area contributed by atoms with Crippen molar-refractivity contribution in [3.63, 3.8) is 0 Å². The van der Waals surface area contributed by atoms with Gasteiger partial charge in [-0.05, 0) is 38.3 Å². The van der Waals surface area contributed by atoms with E-state index in [2.05, 4.69) is 17.4 Å². The molecule has 5 nitrogen and oxygen atoms in total. The SMILES string of the molecule is C=C(CC(NNC(C)(C)C)C(=O)O)C(O)c1ccccc1. The lowest BCUT2D eigenvalue weighted by Gasteiger charge is -2.26. The van der Waals surface area contributed by atoms with Crippen LogP contribution in [0.5, 0.6) is 0 Å². The molecule has 0 bridgehead atoms. The van der Waals surface area contributed by atoms with Crippen LogP contribution in [0.25, 0.3) is 0 Å². The number of nitrogens with one attached hydrogen (secondary N) is 2. The van der Waals surface area contributed by atoms with Gasteiger partial charge in [0.15, 0.2) is 0 Å². The number of benzene rings is 1. The smallest absolute Gasteiger partial charge is 0.322 e. The van der Waals surface area contributed by atoms with Gasteiger partial charge in [-0.25, -0.2) is 5.43 Å². The van der Waals surface area contributed by atoms with E-state index < -0.39 is 18.1 Å². The monoisotopic (exact) mass is 292 g/mol. The van der Waals surface area contributed by atoms with Crippen LogP contribution in [0, 0.1) is 0 Å². The molecule has 0 saturated carbocycles. The molecular weight excluding hydrogens is 268 g/mol. The largest absolute Gasteiger partial charge is 0.480 e. The van der Waals surface area contributed by atoms with Crippen LogP contribution in [0.4, 0.5) is 0 Å². The minimum absolute atomic E-state index is 0.133. The number of aliphatic hydroxyl groups is 1. The molecule has 0 heterocycles. The second-order valence-corrected chi connectivity index (χ2v) is 6.09. The average Bonchev–Trinajstić information content (AvgIpc) is 2.42. The molecule has 2 atom stereocenters. The molecule has 0 aliphatic heterocycles. The third-order valence-electron chi connectivity index (χ3n) is 2.89. The van der Waals surface area contributed by atoms with Gasteiger partial charge in [0.1, 0.15) is 6.04 Å². The van der Waals surface area contributed by atoms with Crippen molar-refractivity contribution in [1.29, 1.82) is 0 Å². The van der Waals surface area contributed by atoms with E-state index in [-0.39, 0.29) is 12.0 Å². The number of hydrogen-bond acceptors (Lipinski definition) is 4. The molecule has 0 aliphatic carbocycles. The Kier molecular flexibility index (Phi) is 6.08. The minimum Gasteiger partial charge on any atom is -0.480 e. The Bertz CT molecular complexity index is 480. The first-order valence-electron chi connectivity index (χ1n) is 6.87. The maximum atomic E-state index is 11.3. The predicted molar refractivity (Wildman–Crippen MR) is 82.6 cm³/mol. The highest BCUT2D eigenvalue weighted by molar-refractivity contribution is 5.73. The van der Waals surface area contributed by atoms with Gasteiger partial charge >= 0.3 is 5.97 Å². The van der Waals surface area contributed by atoms with Crippen molar-refractivity contribution in [2.45, 2.75) is 44.9 Å². The van der Waals surface area contributed by atoms with Crippen molar-refractivity contribution in [2.75, 3.05) is 0 Å². The molecule has 4 N–H and O–H groups in total. The fraction of sp³-hybridized carbons (Fsp3) is 0.438. The second-order valence-electron chi connectivity index (χ2n) is 6.09. The van der Waals surface area contributed by atoms with Crippen LogP contribution in [0.3, 0.4) is 0 Å². The molecule has 0 amide bonds. The molecular formula is C16H24N2O3. The summed E-state index contributed by atoms with van der Waals surface area (Å²) < 4.78 is 0. The maximum absolute atomic E-state index is 11.3. The molecule has 5 heteroatoms. The van der Waals surface area contributed by atoms with Gasteiger partial charge in [-0.1, -0.05) is 36.9 Å². The summed E-state index contributed by atoms with van der Waals surface area (Å²) in [7, 11) is 0. The second kappa shape index (κ2) is 7.36. The highest BCUT2D eigenvalue weighted by Gasteiger charge is 2.23. The Morgan fingerprint density at radius 3 is 2.33 bits per heavy atom. The number of hydrazine groups is 1. The van der Waals surface area contributed by atoms with E-state index in [9.17, 15) is 15.0 Å². The molecule has 1 rings (SSSR count). The van der Waals surface area contributed by atoms with Gasteiger partial charge in [-0.15, -0.1) is 0 Å². The van der Waals surface area contributed by atoms with Gasteiger partial charge in [-0.2, -0.15) is 0 Å². The highest BCUT2D eigenvalue weighted by atomic mass is 16.4. The first-order chi connectivity index (χ1) is 9.70. The zero-order valence-electron chi connectivity index (χ0n) is 12.8. The van der Waals surface area contributed by atoms with E-state index in [1.807, 2.05) is 39.0 Å². The molecule has 0 radical (unpaired) electrons. The molecule has 116 valence electrons. The third kappa shape index (κ3) is 6.08. The zero-order chi connectivity index (χ0) is 16.0. The van der Waals surface area contributed by atoms with Gasteiger partial charge in [0, 0.05) is 5.54 Å². The Morgan fingerprint density at radius 1 is 1.29 bits per heavy atom. The first kappa shape index (κ1) is 17.4. The van der Waals surface area contributed by atoms with Gasteiger partial charge in [-0.3, -0.25) is 10.2 Å². The number of aliphatic carboxylic acids is 1. The number of rotatable bonds is 7. The lowest BCUT2D eigenvalue weighted by molar-refractivity contribution is -0.139. The van der Waals surface area contributed by atoms with E-state index in [1.165, 1.54) is 0 Å². The lowest BCUT2D eigenvalue weighted by Crippen LogP contribution is -2.53. The fourth-order valence-corrected chi connectivity index (χ4v) is 1.75. The summed E-state index contributed by atoms with van der Waals surface area (Å²) in [5.74, 6) is -0.992. The molecule has 0 fully saturated rings. The van der Waals surface area contributed by atoms with Crippen LogP contribution in [0.15, 0.2) is 42.5 Å². The first-order valence-corrected chi connectivity index (χ1v) is 6.87. The van der Waals surface area contributed by atoms with Crippen molar-refractivity contribution in [3.8, 4) is 0 Å². The van der Waals surface area contributed by atoms with Gasteiger partial charge in [0.25, 0.3) is 0 Å². The number of aliphatic hydroxyl groups excluding tert-OH is 1. The van der Waals surface area contributed by atoms with Crippen LogP contribution in [-0.2, 0) is 4.79 Å². The molecule has 21 heavy (non-hydrogen) atoms. The summed E-state index contributed by atoms with van der Waals surface area (Å²) in [5, 5.41) is 19.5. The number of hydrogen-bond donors (Lipinski definition) is 4. The standard InChI is InChI=1S/C16H24N2O3/c1-11(14(19)12-8-6-5-7-9-12)10-13(15(20)21)17-18-16(2,3)4/h5-9,13-14,17-19H,1,10H2,2-4H3,(H,20,21). The van der Waals surface area contributed by atoms with E-state index >= 15 is 0 Å². The Morgan fingerprint density at radius 2 is 1.86 bits per heavy atom. The minimum atomic E-state index is -0.992. The van der Waals surface area contributed by atoms with Crippen molar-refractivity contribution in [2.24, 2.45) is 0 Å². The summed E-state index contributed by atoms with van der Waals surface area (Å²) in [6, 6.07) is 8.21. The summed E-state index contributed by atoms with van der Waals surface area (Å²) in [6.45, 7) is 9.59. The van der Waals surface area contributed by atoms with Gasteiger partial charge in [0.2, 0.25) is 0 Å². The molecule has 1 aromatic rings. The van der Waals surface area contributed by atoms with Crippen molar-refractivity contribution >= 4 is 5.97 Å². The zero-order valence-corrected chi connectivity index (χ0v) is 12.8. The van der Waals surface area contributed by atoms with Crippen LogP contribution in [0.1, 0.15) is 38.9 Å². The van der Waals surface area contributed by atoms with Crippen molar-refractivity contribution in [3.05, 3.63) is 48.0 Å². The predicted octanol–water partition coefficient (Wildman–Crippen LogP) is 2.01. The molecule has 0 aliphatic rings. The third-order valence-corrected chi connectivity index (χ3v) is 2.89. The van der Waals surface area contributed by atoms with Gasteiger partial charge < -0.3 is 10.2 Å². The van der Waals surface area contributed by atoms with Crippen molar-refractivity contribution < 1.29 is 15.0 Å². The number of carboxylic acid groups (broad SMARTS) is 1. The Labute approximate surface area is 125 Å². The van der Waals surface area contributed by atoms with Crippen LogP contribution in [0.2, 0.25) is 0 Å². The van der Waals surface area contributed by atoms with E-state index in [0.717, 1.165) is 0 Å². The summed E-state index contributed by atoms with van der Waals surface area (Å²) in [6.07, 6.45) is -0.737. The average molecular weight is 292 g/mol. The topological polar surface area (TPSA) is 81.6 Å². The normalized spacial score (nSPS) is 14.5. The highest BCUT2D eigenvalue weighted by Crippen LogP contribution is 2.23.